The van der Waals surface area contributed by atoms with Gasteiger partial charge in [0.2, 0.25) is 5.91 Å². The van der Waals surface area contributed by atoms with Gasteiger partial charge in [0.1, 0.15) is 5.82 Å². The van der Waals surface area contributed by atoms with E-state index >= 15 is 0 Å². The van der Waals surface area contributed by atoms with E-state index in [4.69, 9.17) is 0 Å². The number of benzene rings is 1. The molecule has 2 saturated heterocycles. The maximum atomic E-state index is 12.9. The Morgan fingerprint density at radius 3 is 2.27 bits per heavy atom. The molecule has 5 nitrogen and oxygen atoms in total. The summed E-state index contributed by atoms with van der Waals surface area (Å²) in [5, 5.41) is 0. The van der Waals surface area contributed by atoms with E-state index in [1.165, 1.54) is 12.1 Å². The van der Waals surface area contributed by atoms with Crippen molar-refractivity contribution in [1.29, 1.82) is 0 Å². The maximum Gasteiger partial charge on any atom is 0.226 e. The highest BCUT2D eigenvalue weighted by Crippen LogP contribution is 2.22. The molecule has 1 atom stereocenters. The van der Waals surface area contributed by atoms with E-state index in [-0.39, 0.29) is 29.1 Å². The van der Waals surface area contributed by atoms with Crippen LogP contribution in [0.25, 0.3) is 0 Å². The average Bonchev–Trinajstić information content (AvgIpc) is 2.88. The highest BCUT2D eigenvalue weighted by Gasteiger charge is 2.36. The lowest BCUT2D eigenvalue weighted by Crippen LogP contribution is -2.50. The van der Waals surface area contributed by atoms with Crippen LogP contribution in [0.5, 0.6) is 0 Å². The zero-order chi connectivity index (χ0) is 15.7. The van der Waals surface area contributed by atoms with Crippen LogP contribution in [0.4, 0.5) is 10.1 Å². The van der Waals surface area contributed by atoms with E-state index in [9.17, 15) is 17.6 Å². The molecule has 120 valence electrons. The second kappa shape index (κ2) is 5.87. The molecule has 0 radical (unpaired) electrons. The minimum Gasteiger partial charge on any atom is -0.368 e. The van der Waals surface area contributed by atoms with Crippen LogP contribution in [-0.4, -0.2) is 56.9 Å². The fourth-order valence-corrected chi connectivity index (χ4v) is 4.82. The summed E-state index contributed by atoms with van der Waals surface area (Å²) in [4.78, 5) is 16.2. The first-order chi connectivity index (χ1) is 10.4. The highest BCUT2D eigenvalue weighted by molar-refractivity contribution is 7.91. The van der Waals surface area contributed by atoms with Crippen LogP contribution in [-0.2, 0) is 14.6 Å². The molecule has 7 heteroatoms. The number of halogens is 1. The molecular formula is C15H19FN2O3S. The zero-order valence-corrected chi connectivity index (χ0v) is 13.1. The van der Waals surface area contributed by atoms with E-state index in [0.29, 0.717) is 32.6 Å². The van der Waals surface area contributed by atoms with Crippen molar-refractivity contribution >= 4 is 21.4 Å². The number of carbonyl (C=O) groups is 1. The number of piperazine rings is 1. The van der Waals surface area contributed by atoms with E-state index in [1.54, 1.807) is 17.0 Å². The summed E-state index contributed by atoms with van der Waals surface area (Å²) in [6.07, 6.45) is 0.444. The largest absolute Gasteiger partial charge is 0.368 e. The molecule has 0 N–H and O–H groups in total. The van der Waals surface area contributed by atoms with Gasteiger partial charge < -0.3 is 9.80 Å². The summed E-state index contributed by atoms with van der Waals surface area (Å²) in [6.45, 7) is 2.51. The second-order valence-electron chi connectivity index (χ2n) is 5.89. The molecular weight excluding hydrogens is 307 g/mol. The molecule has 2 heterocycles. The standard InChI is InChI=1S/C15H19FN2O3S/c16-13-1-3-14(4-2-13)17-6-8-18(9-7-17)15(19)12-5-10-22(20,21)11-12/h1-4,12H,5-11H2. The lowest BCUT2D eigenvalue weighted by Gasteiger charge is -2.37. The Morgan fingerprint density at radius 2 is 1.73 bits per heavy atom. The summed E-state index contributed by atoms with van der Waals surface area (Å²) < 4.78 is 35.9. The third kappa shape index (κ3) is 3.24. The fraction of sp³-hybridized carbons (Fsp3) is 0.533. The summed E-state index contributed by atoms with van der Waals surface area (Å²) in [7, 11) is -3.03. The number of hydrogen-bond donors (Lipinski definition) is 0. The number of rotatable bonds is 2. The first kappa shape index (κ1) is 15.3. The fourth-order valence-electron chi connectivity index (χ4n) is 3.08. The van der Waals surface area contributed by atoms with Crippen LogP contribution in [0.2, 0.25) is 0 Å². The Morgan fingerprint density at radius 1 is 1.09 bits per heavy atom. The monoisotopic (exact) mass is 326 g/mol. The van der Waals surface area contributed by atoms with Crippen LogP contribution < -0.4 is 4.90 Å². The molecule has 3 rings (SSSR count). The Hall–Kier alpha value is -1.63. The van der Waals surface area contributed by atoms with Gasteiger partial charge in [-0.3, -0.25) is 4.79 Å². The number of hydrogen-bond acceptors (Lipinski definition) is 4. The third-order valence-corrected chi connectivity index (χ3v) is 6.13. The van der Waals surface area contributed by atoms with E-state index in [0.717, 1.165) is 5.69 Å². The normalized spacial score (nSPS) is 24.5. The summed E-state index contributed by atoms with van der Waals surface area (Å²) in [5.41, 5.74) is 0.942. The molecule has 1 aromatic carbocycles. The molecule has 1 unspecified atom stereocenters. The van der Waals surface area contributed by atoms with Crippen molar-refractivity contribution in [2.45, 2.75) is 6.42 Å². The molecule has 0 aliphatic carbocycles. The van der Waals surface area contributed by atoms with Crippen molar-refractivity contribution in [3.63, 3.8) is 0 Å². The van der Waals surface area contributed by atoms with Gasteiger partial charge in [-0.1, -0.05) is 0 Å². The Kier molecular flexibility index (Phi) is 4.08. The number of carbonyl (C=O) groups excluding carboxylic acids is 1. The lowest BCUT2D eigenvalue weighted by atomic mass is 10.1. The smallest absolute Gasteiger partial charge is 0.226 e. The molecule has 2 aliphatic rings. The van der Waals surface area contributed by atoms with E-state index in [1.807, 2.05) is 0 Å². The third-order valence-electron chi connectivity index (χ3n) is 4.36. The Labute approximate surface area is 129 Å². The van der Waals surface area contributed by atoms with Crippen molar-refractivity contribution in [2.24, 2.45) is 5.92 Å². The summed E-state index contributed by atoms with van der Waals surface area (Å²) >= 11 is 0. The van der Waals surface area contributed by atoms with Crippen molar-refractivity contribution in [3.8, 4) is 0 Å². The molecule has 0 saturated carbocycles. The van der Waals surface area contributed by atoms with Crippen LogP contribution in [0.1, 0.15) is 6.42 Å². The van der Waals surface area contributed by atoms with Gasteiger partial charge in [-0.2, -0.15) is 0 Å². The van der Waals surface area contributed by atoms with Gasteiger partial charge in [-0.25, -0.2) is 12.8 Å². The van der Waals surface area contributed by atoms with Gasteiger partial charge in [-0.15, -0.1) is 0 Å². The first-order valence-corrected chi connectivity index (χ1v) is 9.26. The molecule has 2 fully saturated rings. The molecule has 0 bridgehead atoms. The maximum absolute atomic E-state index is 12.9. The minimum atomic E-state index is -3.03. The van der Waals surface area contributed by atoms with Gasteiger partial charge in [0.05, 0.1) is 17.4 Å². The topological polar surface area (TPSA) is 57.7 Å². The lowest BCUT2D eigenvalue weighted by molar-refractivity contribution is -0.135. The quantitative estimate of drug-likeness (QED) is 0.811. The van der Waals surface area contributed by atoms with Crippen molar-refractivity contribution in [2.75, 3.05) is 42.6 Å². The molecule has 0 spiro atoms. The molecule has 1 aromatic rings. The predicted octanol–water partition coefficient (Wildman–Crippen LogP) is 0.909. The molecule has 2 aliphatic heterocycles. The van der Waals surface area contributed by atoms with E-state index < -0.39 is 9.84 Å². The van der Waals surface area contributed by atoms with Gasteiger partial charge in [0.15, 0.2) is 9.84 Å². The van der Waals surface area contributed by atoms with Crippen LogP contribution in [0.15, 0.2) is 24.3 Å². The highest BCUT2D eigenvalue weighted by atomic mass is 32.2. The SMILES string of the molecule is O=C(C1CCS(=O)(=O)C1)N1CCN(c2ccc(F)cc2)CC1. The van der Waals surface area contributed by atoms with Gasteiger partial charge in [0.25, 0.3) is 0 Å². The second-order valence-corrected chi connectivity index (χ2v) is 8.12. The van der Waals surface area contributed by atoms with E-state index in [2.05, 4.69) is 4.90 Å². The predicted molar refractivity (Wildman–Crippen MR) is 82.0 cm³/mol. The first-order valence-electron chi connectivity index (χ1n) is 7.44. The Balaban J connectivity index is 1.57. The van der Waals surface area contributed by atoms with Crippen LogP contribution >= 0.6 is 0 Å². The van der Waals surface area contributed by atoms with Crippen LogP contribution in [0.3, 0.4) is 0 Å². The average molecular weight is 326 g/mol. The molecule has 1 amide bonds. The van der Waals surface area contributed by atoms with Crippen molar-refractivity contribution in [3.05, 3.63) is 30.1 Å². The Bertz CT molecular complexity index is 652. The number of anilines is 1. The van der Waals surface area contributed by atoms with Crippen molar-refractivity contribution in [1.82, 2.24) is 4.90 Å². The number of sulfone groups is 1. The van der Waals surface area contributed by atoms with Gasteiger partial charge in [0, 0.05) is 31.9 Å². The van der Waals surface area contributed by atoms with Crippen molar-refractivity contribution < 1.29 is 17.6 Å². The molecule has 22 heavy (non-hydrogen) atoms. The summed E-state index contributed by atoms with van der Waals surface area (Å²) in [6, 6.07) is 6.32. The number of amides is 1. The molecule has 0 aromatic heterocycles. The zero-order valence-electron chi connectivity index (χ0n) is 12.2. The van der Waals surface area contributed by atoms with Crippen LogP contribution in [0, 0.1) is 11.7 Å². The summed E-state index contributed by atoms with van der Waals surface area (Å²) in [5.74, 6) is -0.564. The minimum absolute atomic E-state index is 0.00991. The number of nitrogens with zero attached hydrogens (tertiary/aromatic N) is 2. The van der Waals surface area contributed by atoms with Gasteiger partial charge in [-0.05, 0) is 30.7 Å². The van der Waals surface area contributed by atoms with Gasteiger partial charge >= 0.3 is 0 Å².